The Labute approximate surface area is 151 Å². The monoisotopic (exact) mass is 351 g/mol. The van der Waals surface area contributed by atoms with E-state index in [0.29, 0.717) is 18.3 Å². The van der Waals surface area contributed by atoms with Crippen molar-refractivity contribution in [2.24, 2.45) is 12.8 Å². The molecule has 0 saturated heterocycles. The zero-order valence-corrected chi connectivity index (χ0v) is 14.7. The lowest BCUT2D eigenvalue weighted by molar-refractivity contribution is 0.100. The molecule has 0 aliphatic heterocycles. The SMILES string of the molecule is Cc1ccccc1CCNc1nc(Nc2cnn(C)c2)ncc1C(N)=O. The van der Waals surface area contributed by atoms with Crippen molar-refractivity contribution in [1.82, 2.24) is 19.7 Å². The van der Waals surface area contributed by atoms with Crippen molar-refractivity contribution < 1.29 is 4.79 Å². The fraction of sp³-hybridized carbons (Fsp3) is 0.222. The molecular formula is C18H21N7O. The van der Waals surface area contributed by atoms with Crippen LogP contribution in [-0.2, 0) is 13.5 Å². The number of rotatable bonds is 7. The summed E-state index contributed by atoms with van der Waals surface area (Å²) >= 11 is 0. The Balaban J connectivity index is 1.74. The molecule has 4 N–H and O–H groups in total. The minimum absolute atomic E-state index is 0.256. The topological polar surface area (TPSA) is 111 Å². The summed E-state index contributed by atoms with van der Waals surface area (Å²) < 4.78 is 1.67. The minimum atomic E-state index is -0.573. The van der Waals surface area contributed by atoms with Crippen molar-refractivity contribution in [3.63, 3.8) is 0 Å². The number of benzene rings is 1. The molecule has 8 heteroatoms. The Morgan fingerprint density at radius 1 is 1.27 bits per heavy atom. The number of primary amides is 1. The van der Waals surface area contributed by atoms with Gasteiger partial charge in [-0.05, 0) is 24.5 Å². The molecule has 0 bridgehead atoms. The van der Waals surface area contributed by atoms with Gasteiger partial charge in [-0.25, -0.2) is 4.98 Å². The van der Waals surface area contributed by atoms with Crippen molar-refractivity contribution in [1.29, 1.82) is 0 Å². The van der Waals surface area contributed by atoms with Crippen LogP contribution >= 0.6 is 0 Å². The third-order valence-corrected chi connectivity index (χ3v) is 3.96. The van der Waals surface area contributed by atoms with Gasteiger partial charge in [0.15, 0.2) is 0 Å². The Morgan fingerprint density at radius 3 is 2.77 bits per heavy atom. The molecule has 3 aromatic rings. The highest BCUT2D eigenvalue weighted by Crippen LogP contribution is 2.17. The van der Waals surface area contributed by atoms with E-state index in [-0.39, 0.29) is 5.56 Å². The fourth-order valence-electron chi connectivity index (χ4n) is 2.58. The van der Waals surface area contributed by atoms with Crippen LogP contribution in [0.1, 0.15) is 21.5 Å². The third-order valence-electron chi connectivity index (χ3n) is 3.96. The number of nitrogens with zero attached hydrogens (tertiary/aromatic N) is 4. The number of nitrogens with one attached hydrogen (secondary N) is 2. The van der Waals surface area contributed by atoms with E-state index in [1.165, 1.54) is 17.3 Å². The molecule has 0 fully saturated rings. The molecule has 0 atom stereocenters. The van der Waals surface area contributed by atoms with Crippen LogP contribution in [0.5, 0.6) is 0 Å². The summed E-state index contributed by atoms with van der Waals surface area (Å²) in [6.07, 6.45) is 5.69. The molecule has 8 nitrogen and oxygen atoms in total. The van der Waals surface area contributed by atoms with E-state index in [9.17, 15) is 4.79 Å². The van der Waals surface area contributed by atoms with E-state index >= 15 is 0 Å². The Bertz CT molecular complexity index is 919. The van der Waals surface area contributed by atoms with Crippen LogP contribution in [-0.4, -0.2) is 32.2 Å². The Kier molecular flexibility index (Phi) is 5.12. The van der Waals surface area contributed by atoms with Gasteiger partial charge >= 0.3 is 0 Å². The predicted molar refractivity (Wildman–Crippen MR) is 100 cm³/mol. The molecule has 3 rings (SSSR count). The molecular weight excluding hydrogens is 330 g/mol. The van der Waals surface area contributed by atoms with Gasteiger partial charge in [0.05, 0.1) is 17.4 Å². The highest BCUT2D eigenvalue weighted by Gasteiger charge is 2.12. The lowest BCUT2D eigenvalue weighted by Crippen LogP contribution is -2.18. The highest BCUT2D eigenvalue weighted by molar-refractivity contribution is 5.97. The Morgan fingerprint density at radius 2 is 2.08 bits per heavy atom. The van der Waals surface area contributed by atoms with Crippen LogP contribution in [0.2, 0.25) is 0 Å². The molecule has 26 heavy (non-hydrogen) atoms. The van der Waals surface area contributed by atoms with Gasteiger partial charge in [-0.3, -0.25) is 9.48 Å². The van der Waals surface area contributed by atoms with Crippen LogP contribution in [0.15, 0.2) is 42.9 Å². The second kappa shape index (κ2) is 7.64. The molecule has 0 aliphatic rings. The van der Waals surface area contributed by atoms with Crippen LogP contribution in [0.25, 0.3) is 0 Å². The fourth-order valence-corrected chi connectivity index (χ4v) is 2.58. The van der Waals surface area contributed by atoms with Gasteiger partial charge in [0.25, 0.3) is 5.91 Å². The van der Waals surface area contributed by atoms with Crippen molar-refractivity contribution in [2.75, 3.05) is 17.2 Å². The van der Waals surface area contributed by atoms with Gasteiger partial charge in [0, 0.05) is 26.0 Å². The maximum absolute atomic E-state index is 11.7. The number of aryl methyl sites for hydroxylation is 2. The normalized spacial score (nSPS) is 10.5. The number of carbonyl (C=O) groups excluding carboxylic acids is 1. The minimum Gasteiger partial charge on any atom is -0.369 e. The standard InChI is InChI=1S/C18H21N7O/c1-12-5-3-4-6-13(12)7-8-20-17-15(16(19)26)10-21-18(24-17)23-14-9-22-25(2)11-14/h3-6,9-11H,7-8H2,1-2H3,(H2,19,26)(H2,20,21,23,24). The van der Waals surface area contributed by atoms with Crippen LogP contribution in [0, 0.1) is 6.92 Å². The van der Waals surface area contributed by atoms with E-state index in [2.05, 4.69) is 44.8 Å². The van der Waals surface area contributed by atoms with Crippen LogP contribution in [0.3, 0.4) is 0 Å². The number of hydrogen-bond acceptors (Lipinski definition) is 6. The summed E-state index contributed by atoms with van der Waals surface area (Å²) in [5, 5.41) is 10.3. The molecule has 0 saturated carbocycles. The molecule has 134 valence electrons. The van der Waals surface area contributed by atoms with Crippen molar-refractivity contribution in [2.45, 2.75) is 13.3 Å². The maximum atomic E-state index is 11.7. The van der Waals surface area contributed by atoms with Crippen molar-refractivity contribution in [3.05, 3.63) is 59.5 Å². The van der Waals surface area contributed by atoms with Crippen LogP contribution < -0.4 is 16.4 Å². The Hall–Kier alpha value is -3.42. The summed E-state index contributed by atoms with van der Waals surface area (Å²) in [6.45, 7) is 2.69. The second-order valence-electron chi connectivity index (χ2n) is 5.95. The van der Waals surface area contributed by atoms with Gasteiger partial charge < -0.3 is 16.4 Å². The van der Waals surface area contributed by atoms with Gasteiger partial charge in [0.1, 0.15) is 5.82 Å². The van der Waals surface area contributed by atoms with E-state index in [4.69, 9.17) is 5.73 Å². The zero-order valence-electron chi connectivity index (χ0n) is 14.7. The molecule has 0 unspecified atom stereocenters. The quantitative estimate of drug-likeness (QED) is 0.600. The highest BCUT2D eigenvalue weighted by atomic mass is 16.1. The molecule has 0 spiro atoms. The first-order valence-corrected chi connectivity index (χ1v) is 8.24. The number of anilines is 3. The molecule has 1 amide bonds. The molecule has 1 aromatic carbocycles. The lowest BCUT2D eigenvalue weighted by atomic mass is 10.1. The van der Waals surface area contributed by atoms with Gasteiger partial charge in [-0.15, -0.1) is 0 Å². The van der Waals surface area contributed by atoms with E-state index < -0.39 is 5.91 Å². The summed E-state index contributed by atoms with van der Waals surface area (Å²) in [7, 11) is 1.82. The average Bonchev–Trinajstić information content (AvgIpc) is 3.01. The molecule has 0 aliphatic carbocycles. The molecule has 0 radical (unpaired) electrons. The first-order chi connectivity index (χ1) is 12.5. The number of hydrogen-bond donors (Lipinski definition) is 3. The van der Waals surface area contributed by atoms with Crippen molar-refractivity contribution in [3.8, 4) is 0 Å². The molecule has 2 heterocycles. The number of amides is 1. The summed E-state index contributed by atoms with van der Waals surface area (Å²) in [5.74, 6) is 0.199. The third kappa shape index (κ3) is 4.15. The number of nitrogens with two attached hydrogens (primary N) is 1. The largest absolute Gasteiger partial charge is 0.369 e. The van der Waals surface area contributed by atoms with Gasteiger partial charge in [0.2, 0.25) is 5.95 Å². The summed E-state index contributed by atoms with van der Waals surface area (Å²) in [5.41, 5.74) is 8.91. The summed E-state index contributed by atoms with van der Waals surface area (Å²) in [4.78, 5) is 20.2. The molecule has 2 aromatic heterocycles. The van der Waals surface area contributed by atoms with Gasteiger partial charge in [-0.1, -0.05) is 24.3 Å². The van der Waals surface area contributed by atoms with Crippen molar-refractivity contribution >= 4 is 23.4 Å². The lowest BCUT2D eigenvalue weighted by Gasteiger charge is -2.11. The second-order valence-corrected chi connectivity index (χ2v) is 5.95. The maximum Gasteiger partial charge on any atom is 0.254 e. The van der Waals surface area contributed by atoms with E-state index in [1.807, 2.05) is 19.2 Å². The smallest absolute Gasteiger partial charge is 0.254 e. The first-order valence-electron chi connectivity index (χ1n) is 8.24. The van der Waals surface area contributed by atoms with Gasteiger partial charge in [-0.2, -0.15) is 10.1 Å². The van der Waals surface area contributed by atoms with Crippen LogP contribution in [0.4, 0.5) is 17.5 Å². The predicted octanol–water partition coefficient (Wildman–Crippen LogP) is 2.02. The zero-order chi connectivity index (χ0) is 18.5. The number of aromatic nitrogens is 4. The van der Waals surface area contributed by atoms with E-state index in [1.54, 1.807) is 17.1 Å². The average molecular weight is 351 g/mol. The summed E-state index contributed by atoms with van der Waals surface area (Å²) in [6, 6.07) is 8.18. The first kappa shape index (κ1) is 17.4. The number of carbonyl (C=O) groups is 1. The van der Waals surface area contributed by atoms with E-state index in [0.717, 1.165) is 12.1 Å².